The third-order valence-electron chi connectivity index (χ3n) is 4.68. The highest BCUT2D eigenvalue weighted by Gasteiger charge is 2.15. The number of anilines is 3. The van der Waals surface area contributed by atoms with Crippen LogP contribution in [0.2, 0.25) is 0 Å². The molecule has 1 fully saturated rings. The number of benzene rings is 1. The normalized spacial score (nSPS) is 14.8. The van der Waals surface area contributed by atoms with E-state index in [1.165, 1.54) is 5.69 Å². The quantitative estimate of drug-likeness (QED) is 0.705. The molecule has 1 aliphatic rings. The second-order valence-electron chi connectivity index (χ2n) is 6.90. The fourth-order valence-corrected chi connectivity index (χ4v) is 3.07. The van der Waals surface area contributed by atoms with Crippen molar-refractivity contribution >= 4 is 23.1 Å². The molecule has 2 heterocycles. The van der Waals surface area contributed by atoms with Crippen LogP contribution in [0, 0.1) is 6.92 Å². The van der Waals surface area contributed by atoms with Gasteiger partial charge in [-0.2, -0.15) is 0 Å². The molecule has 0 unspecified atom stereocenters. The second kappa shape index (κ2) is 9.48. The van der Waals surface area contributed by atoms with Gasteiger partial charge in [-0.1, -0.05) is 0 Å². The van der Waals surface area contributed by atoms with Crippen molar-refractivity contribution < 1.29 is 9.53 Å². The topological polar surface area (TPSA) is 82.6 Å². The van der Waals surface area contributed by atoms with Crippen LogP contribution >= 0.6 is 0 Å². The number of likely N-dealkylation sites (N-methyl/N-ethyl adjacent to an activating group) is 1. The summed E-state index contributed by atoms with van der Waals surface area (Å²) in [6.45, 7) is 7.09. The lowest BCUT2D eigenvalue weighted by Gasteiger charge is -2.34. The van der Waals surface area contributed by atoms with Crippen LogP contribution in [0.15, 0.2) is 30.3 Å². The Balaban J connectivity index is 1.62. The number of amides is 1. The highest BCUT2D eigenvalue weighted by molar-refractivity contribution is 6.03. The summed E-state index contributed by atoms with van der Waals surface area (Å²) < 4.78 is 5.02. The van der Waals surface area contributed by atoms with Gasteiger partial charge in [0.05, 0.1) is 6.61 Å². The van der Waals surface area contributed by atoms with Crippen molar-refractivity contribution in [2.75, 3.05) is 69.0 Å². The molecular weight excluding hydrogens is 356 g/mol. The number of hydrogen-bond donors (Lipinski definition) is 2. The molecule has 0 bridgehead atoms. The van der Waals surface area contributed by atoms with E-state index < -0.39 is 0 Å². The monoisotopic (exact) mass is 384 g/mol. The van der Waals surface area contributed by atoms with Gasteiger partial charge in [-0.25, -0.2) is 9.97 Å². The van der Waals surface area contributed by atoms with Crippen molar-refractivity contribution in [3.8, 4) is 0 Å². The third kappa shape index (κ3) is 5.40. The first kappa shape index (κ1) is 20.0. The Hall–Kier alpha value is -2.71. The Morgan fingerprint density at radius 1 is 1.14 bits per heavy atom. The number of hydrogen-bond acceptors (Lipinski definition) is 7. The van der Waals surface area contributed by atoms with Gasteiger partial charge in [0.25, 0.3) is 5.91 Å². The SMILES string of the molecule is COCCNc1cc(C(=O)Nc2ccc(N3CCN(C)CC3)cc2)nc(C)n1. The van der Waals surface area contributed by atoms with Crippen LogP contribution in [0.4, 0.5) is 17.2 Å². The summed E-state index contributed by atoms with van der Waals surface area (Å²) in [6.07, 6.45) is 0. The Bertz CT molecular complexity index is 788. The Morgan fingerprint density at radius 3 is 2.54 bits per heavy atom. The summed E-state index contributed by atoms with van der Waals surface area (Å²) in [7, 11) is 3.78. The van der Waals surface area contributed by atoms with Crippen LogP contribution < -0.4 is 15.5 Å². The fraction of sp³-hybridized carbons (Fsp3) is 0.450. The van der Waals surface area contributed by atoms with Crippen molar-refractivity contribution in [1.29, 1.82) is 0 Å². The number of piperazine rings is 1. The lowest BCUT2D eigenvalue weighted by atomic mass is 10.2. The van der Waals surface area contributed by atoms with Gasteiger partial charge in [-0.05, 0) is 38.2 Å². The highest BCUT2D eigenvalue weighted by Crippen LogP contribution is 2.20. The van der Waals surface area contributed by atoms with E-state index in [0.29, 0.717) is 30.5 Å². The molecular formula is C20H28N6O2. The molecule has 0 spiro atoms. The van der Waals surface area contributed by atoms with E-state index in [2.05, 4.69) is 37.4 Å². The van der Waals surface area contributed by atoms with E-state index >= 15 is 0 Å². The minimum atomic E-state index is -0.257. The molecule has 0 aliphatic carbocycles. The van der Waals surface area contributed by atoms with E-state index in [9.17, 15) is 4.79 Å². The van der Waals surface area contributed by atoms with Crippen molar-refractivity contribution in [3.63, 3.8) is 0 Å². The molecule has 3 rings (SSSR count). The zero-order valence-electron chi connectivity index (χ0n) is 16.7. The molecule has 0 radical (unpaired) electrons. The lowest BCUT2D eigenvalue weighted by Crippen LogP contribution is -2.44. The summed E-state index contributed by atoms with van der Waals surface area (Å²) in [5, 5.41) is 6.04. The minimum absolute atomic E-state index is 0.257. The average Bonchev–Trinajstić information content (AvgIpc) is 2.69. The molecule has 28 heavy (non-hydrogen) atoms. The van der Waals surface area contributed by atoms with Gasteiger partial charge < -0.3 is 25.2 Å². The van der Waals surface area contributed by atoms with Gasteiger partial charge in [0.15, 0.2) is 0 Å². The molecule has 2 aromatic rings. The van der Waals surface area contributed by atoms with Gasteiger partial charge in [0.1, 0.15) is 17.3 Å². The zero-order valence-corrected chi connectivity index (χ0v) is 16.7. The number of aromatic nitrogens is 2. The van der Waals surface area contributed by atoms with Crippen LogP contribution in [-0.4, -0.2) is 74.3 Å². The lowest BCUT2D eigenvalue weighted by molar-refractivity contribution is 0.102. The minimum Gasteiger partial charge on any atom is -0.383 e. The smallest absolute Gasteiger partial charge is 0.274 e. The van der Waals surface area contributed by atoms with Crippen molar-refractivity contribution in [2.45, 2.75) is 6.92 Å². The van der Waals surface area contributed by atoms with E-state index in [4.69, 9.17) is 4.74 Å². The second-order valence-corrected chi connectivity index (χ2v) is 6.90. The number of aryl methyl sites for hydroxylation is 1. The van der Waals surface area contributed by atoms with E-state index in [-0.39, 0.29) is 5.91 Å². The number of methoxy groups -OCH3 is 1. The molecule has 150 valence electrons. The number of carbonyl (C=O) groups is 1. The van der Waals surface area contributed by atoms with Crippen LogP contribution in [0.25, 0.3) is 0 Å². The standard InChI is InChI=1S/C20H28N6O2/c1-15-22-18(14-19(23-15)21-8-13-28-3)20(27)24-16-4-6-17(7-5-16)26-11-9-25(2)10-12-26/h4-7,14H,8-13H2,1-3H3,(H,24,27)(H,21,22,23). The average molecular weight is 384 g/mol. The maximum absolute atomic E-state index is 12.6. The van der Waals surface area contributed by atoms with Gasteiger partial charge in [-0.3, -0.25) is 4.79 Å². The molecule has 1 aromatic carbocycles. The molecule has 1 aromatic heterocycles. The first-order chi connectivity index (χ1) is 13.5. The molecule has 2 N–H and O–H groups in total. The molecule has 0 saturated carbocycles. The Labute approximate surface area is 165 Å². The van der Waals surface area contributed by atoms with Crippen LogP contribution in [0.3, 0.4) is 0 Å². The highest BCUT2D eigenvalue weighted by atomic mass is 16.5. The number of nitrogens with zero attached hydrogens (tertiary/aromatic N) is 4. The van der Waals surface area contributed by atoms with Crippen molar-refractivity contribution in [3.05, 3.63) is 41.9 Å². The fourth-order valence-electron chi connectivity index (χ4n) is 3.07. The first-order valence-electron chi connectivity index (χ1n) is 9.48. The Morgan fingerprint density at radius 2 is 1.86 bits per heavy atom. The molecule has 1 saturated heterocycles. The summed E-state index contributed by atoms with van der Waals surface area (Å²) in [5.74, 6) is 0.894. The van der Waals surface area contributed by atoms with E-state index in [0.717, 1.165) is 31.9 Å². The predicted octanol–water partition coefficient (Wildman–Crippen LogP) is 1.85. The van der Waals surface area contributed by atoms with Crippen molar-refractivity contribution in [2.24, 2.45) is 0 Å². The maximum atomic E-state index is 12.6. The number of rotatable bonds is 7. The third-order valence-corrected chi connectivity index (χ3v) is 4.68. The van der Waals surface area contributed by atoms with Gasteiger partial charge in [-0.15, -0.1) is 0 Å². The largest absolute Gasteiger partial charge is 0.383 e. The van der Waals surface area contributed by atoms with Crippen molar-refractivity contribution in [1.82, 2.24) is 14.9 Å². The van der Waals surface area contributed by atoms with Crippen LogP contribution in [-0.2, 0) is 4.74 Å². The predicted molar refractivity (Wildman–Crippen MR) is 111 cm³/mol. The number of carbonyl (C=O) groups excluding carboxylic acids is 1. The summed E-state index contributed by atoms with van der Waals surface area (Å²) in [5.41, 5.74) is 2.25. The summed E-state index contributed by atoms with van der Waals surface area (Å²) in [4.78, 5) is 25.8. The van der Waals surface area contributed by atoms with Gasteiger partial charge in [0, 0.05) is 57.3 Å². The van der Waals surface area contributed by atoms with Gasteiger partial charge >= 0.3 is 0 Å². The molecule has 8 nitrogen and oxygen atoms in total. The first-order valence-corrected chi connectivity index (χ1v) is 9.48. The van der Waals surface area contributed by atoms with Crippen LogP contribution in [0.1, 0.15) is 16.3 Å². The van der Waals surface area contributed by atoms with E-state index in [1.807, 2.05) is 24.3 Å². The number of nitrogens with one attached hydrogen (secondary N) is 2. The summed E-state index contributed by atoms with van der Waals surface area (Å²) in [6, 6.07) is 9.60. The molecule has 1 aliphatic heterocycles. The van der Waals surface area contributed by atoms with Crippen LogP contribution in [0.5, 0.6) is 0 Å². The number of ether oxygens (including phenoxy) is 1. The molecule has 1 amide bonds. The van der Waals surface area contributed by atoms with Gasteiger partial charge in [0.2, 0.25) is 0 Å². The maximum Gasteiger partial charge on any atom is 0.274 e. The Kier molecular flexibility index (Phi) is 6.78. The summed E-state index contributed by atoms with van der Waals surface area (Å²) >= 11 is 0. The zero-order chi connectivity index (χ0) is 19.9. The molecule has 8 heteroatoms. The van der Waals surface area contributed by atoms with E-state index in [1.54, 1.807) is 20.1 Å². The molecule has 0 atom stereocenters.